The van der Waals surface area contributed by atoms with Crippen molar-refractivity contribution in [1.29, 1.82) is 0 Å². The van der Waals surface area contributed by atoms with Crippen molar-refractivity contribution in [3.05, 3.63) is 94.9 Å². The number of nitrogens with zero attached hydrogens (tertiary/aromatic N) is 1. The van der Waals surface area contributed by atoms with Crippen LogP contribution in [0.5, 0.6) is 0 Å². The van der Waals surface area contributed by atoms with Gasteiger partial charge in [-0.15, -0.1) is 0 Å². The average molecular weight is 443 g/mol. The van der Waals surface area contributed by atoms with E-state index in [1.165, 1.54) is 12.3 Å². The van der Waals surface area contributed by atoms with Gasteiger partial charge in [0.2, 0.25) is 0 Å². The van der Waals surface area contributed by atoms with Crippen LogP contribution in [-0.4, -0.2) is 27.0 Å². The lowest BCUT2D eigenvalue weighted by Gasteiger charge is -2.10. The lowest BCUT2D eigenvalue weighted by atomic mass is 10.00. The van der Waals surface area contributed by atoms with Gasteiger partial charge in [-0.05, 0) is 81.0 Å². The van der Waals surface area contributed by atoms with E-state index in [1.54, 1.807) is 19.4 Å². The Hall–Kier alpha value is -2.92. The molecule has 0 aromatic heterocycles. The zero-order valence-corrected chi connectivity index (χ0v) is 20.3. The molecule has 0 amide bonds. The zero-order valence-electron chi connectivity index (χ0n) is 20.3. The Morgan fingerprint density at radius 3 is 2.34 bits per heavy atom. The second kappa shape index (κ2) is 17.7. The highest BCUT2D eigenvalue weighted by atomic mass is 19.1. The summed E-state index contributed by atoms with van der Waals surface area (Å²) in [6, 6.07) is 0. The first kappa shape index (κ1) is 29.1. The van der Waals surface area contributed by atoms with Crippen LogP contribution in [0.3, 0.4) is 0 Å². The summed E-state index contributed by atoms with van der Waals surface area (Å²) in [5, 5.41) is 0. The number of nitrogens with two attached hydrogens (primary N) is 1. The highest BCUT2D eigenvalue weighted by molar-refractivity contribution is 5.37. The lowest BCUT2D eigenvalue weighted by molar-refractivity contribution is 0.143. The Morgan fingerprint density at radius 2 is 1.81 bits per heavy atom. The molecule has 0 rings (SSSR count). The van der Waals surface area contributed by atoms with E-state index in [1.807, 2.05) is 52.0 Å². The van der Waals surface area contributed by atoms with Crippen molar-refractivity contribution >= 4 is 6.72 Å². The standard InChI is InChI=1S/C27H39FN2O2/c1-8-23(11-10-21(3)4)19-32-27(20-31-7)15-14-26(28)13-12-25(17-29)22(5)16-24(9-2)18-30-6/h8,10-11,14-18H,3,6,9,12-13,19-20,29H2,1-2,4-5,7H3/b11-10-,22-16+,23-8?,24-18-,25-17-,26-14+,27-15+. The number of rotatable bonds is 15. The molecule has 176 valence electrons. The predicted octanol–water partition coefficient (Wildman–Crippen LogP) is 7.03. The highest BCUT2D eigenvalue weighted by Gasteiger charge is 2.05. The molecule has 4 nitrogen and oxygen atoms in total. The Balaban J connectivity index is 5.14. The van der Waals surface area contributed by atoms with E-state index in [0.29, 0.717) is 18.8 Å². The van der Waals surface area contributed by atoms with Crippen LogP contribution in [0.4, 0.5) is 4.39 Å². The molecule has 32 heavy (non-hydrogen) atoms. The molecule has 0 bridgehead atoms. The summed E-state index contributed by atoms with van der Waals surface area (Å²) in [5.74, 6) is 0.285. The minimum atomic E-state index is -0.262. The summed E-state index contributed by atoms with van der Waals surface area (Å²) in [6.07, 6.45) is 15.6. The van der Waals surface area contributed by atoms with Crippen LogP contribution < -0.4 is 5.73 Å². The summed E-state index contributed by atoms with van der Waals surface area (Å²) in [7, 11) is 1.57. The van der Waals surface area contributed by atoms with Crippen molar-refractivity contribution < 1.29 is 13.9 Å². The largest absolute Gasteiger partial charge is 0.491 e. The molecule has 0 aliphatic rings. The summed E-state index contributed by atoms with van der Waals surface area (Å²) in [5.41, 5.74) is 10.6. The van der Waals surface area contributed by atoms with E-state index in [9.17, 15) is 4.39 Å². The van der Waals surface area contributed by atoms with Gasteiger partial charge < -0.3 is 15.2 Å². The number of hydrogen-bond acceptors (Lipinski definition) is 4. The first-order chi connectivity index (χ1) is 15.3. The fourth-order valence-corrected chi connectivity index (χ4v) is 2.58. The van der Waals surface area contributed by atoms with Crippen LogP contribution >= 0.6 is 0 Å². The monoisotopic (exact) mass is 442 g/mol. The third kappa shape index (κ3) is 13.4. The maximum absolute atomic E-state index is 14.5. The van der Waals surface area contributed by atoms with E-state index in [2.05, 4.69) is 18.3 Å². The van der Waals surface area contributed by atoms with Crippen molar-refractivity contribution in [2.75, 3.05) is 20.3 Å². The Labute approximate surface area is 193 Å². The molecule has 0 aliphatic carbocycles. The molecule has 0 aliphatic heterocycles. The molecule has 0 radical (unpaired) electrons. The molecular formula is C27H39FN2O2. The van der Waals surface area contributed by atoms with E-state index in [4.69, 9.17) is 15.2 Å². The molecule has 0 saturated carbocycles. The second-order valence-corrected chi connectivity index (χ2v) is 7.27. The van der Waals surface area contributed by atoms with Crippen molar-refractivity contribution in [1.82, 2.24) is 0 Å². The van der Waals surface area contributed by atoms with Crippen LogP contribution in [0.15, 0.2) is 99.9 Å². The average Bonchev–Trinajstić information content (AvgIpc) is 2.77. The predicted molar refractivity (Wildman–Crippen MR) is 136 cm³/mol. The molecule has 0 spiro atoms. The highest BCUT2D eigenvalue weighted by Crippen LogP contribution is 2.21. The molecule has 0 saturated heterocycles. The second-order valence-electron chi connectivity index (χ2n) is 7.27. The third-order valence-corrected chi connectivity index (χ3v) is 4.52. The van der Waals surface area contributed by atoms with Crippen molar-refractivity contribution in [3.63, 3.8) is 0 Å². The summed E-state index contributed by atoms with van der Waals surface area (Å²) >= 11 is 0. The van der Waals surface area contributed by atoms with E-state index in [-0.39, 0.29) is 18.9 Å². The number of ether oxygens (including phenoxy) is 2. The number of allylic oxidation sites excluding steroid dienone is 10. The molecule has 0 unspecified atom stereocenters. The van der Waals surface area contributed by atoms with Gasteiger partial charge in [-0.1, -0.05) is 43.4 Å². The first-order valence-electron chi connectivity index (χ1n) is 10.7. The molecule has 0 heterocycles. The molecule has 2 N–H and O–H groups in total. The maximum Gasteiger partial charge on any atom is 0.122 e. The number of halogens is 1. The van der Waals surface area contributed by atoms with Crippen LogP contribution in [0.2, 0.25) is 0 Å². The summed E-state index contributed by atoms with van der Waals surface area (Å²) < 4.78 is 25.4. The molecule has 5 heteroatoms. The van der Waals surface area contributed by atoms with Gasteiger partial charge in [0.15, 0.2) is 0 Å². The minimum absolute atomic E-state index is 0.233. The van der Waals surface area contributed by atoms with E-state index >= 15 is 0 Å². The van der Waals surface area contributed by atoms with Gasteiger partial charge in [0.1, 0.15) is 24.8 Å². The number of methoxy groups -OCH3 is 1. The molecule has 0 aromatic carbocycles. The van der Waals surface area contributed by atoms with E-state index in [0.717, 1.165) is 34.3 Å². The first-order valence-corrected chi connectivity index (χ1v) is 10.7. The van der Waals surface area contributed by atoms with E-state index < -0.39 is 0 Å². The quantitative estimate of drug-likeness (QED) is 0.168. The third-order valence-electron chi connectivity index (χ3n) is 4.52. The van der Waals surface area contributed by atoms with Crippen molar-refractivity contribution in [2.45, 2.75) is 47.0 Å². The molecular weight excluding hydrogens is 403 g/mol. The van der Waals surface area contributed by atoms with Crippen molar-refractivity contribution in [2.24, 2.45) is 10.7 Å². The Bertz CT molecular complexity index is 825. The van der Waals surface area contributed by atoms with Gasteiger partial charge in [0.05, 0.1) is 0 Å². The van der Waals surface area contributed by atoms with Crippen LogP contribution in [0, 0.1) is 0 Å². The van der Waals surface area contributed by atoms with Crippen molar-refractivity contribution in [3.8, 4) is 0 Å². The summed E-state index contributed by atoms with van der Waals surface area (Å²) in [4.78, 5) is 3.81. The van der Waals surface area contributed by atoms with Gasteiger partial charge in [-0.25, -0.2) is 4.39 Å². The molecule has 0 aromatic rings. The normalized spacial score (nSPS) is 14.8. The smallest absolute Gasteiger partial charge is 0.122 e. The van der Waals surface area contributed by atoms with Crippen LogP contribution in [0.25, 0.3) is 0 Å². The van der Waals surface area contributed by atoms with Gasteiger partial charge in [-0.3, -0.25) is 4.99 Å². The van der Waals surface area contributed by atoms with Crippen LogP contribution in [0.1, 0.15) is 47.0 Å². The number of hydrogen-bond donors (Lipinski definition) is 1. The lowest BCUT2D eigenvalue weighted by Crippen LogP contribution is -2.02. The zero-order chi connectivity index (χ0) is 24.4. The van der Waals surface area contributed by atoms with Gasteiger partial charge >= 0.3 is 0 Å². The van der Waals surface area contributed by atoms with Gasteiger partial charge in [-0.2, -0.15) is 0 Å². The number of aliphatic imine (C=N–C) groups is 1. The fraction of sp³-hybridized carbons (Fsp3) is 0.370. The maximum atomic E-state index is 14.5. The Kier molecular flexibility index (Phi) is 16.1. The Morgan fingerprint density at radius 1 is 1.09 bits per heavy atom. The fourth-order valence-electron chi connectivity index (χ4n) is 2.58. The summed E-state index contributed by atoms with van der Waals surface area (Å²) in [6.45, 7) is 15.8. The topological polar surface area (TPSA) is 56.8 Å². The van der Waals surface area contributed by atoms with Gasteiger partial charge in [0.25, 0.3) is 0 Å². The molecule has 0 fully saturated rings. The van der Waals surface area contributed by atoms with Gasteiger partial charge in [0, 0.05) is 19.7 Å². The SMILES string of the molecule is C=N\C=C(/C=C(C)/C(=C\N)CC/C(F)=C\C=C(/COC)OCC(=CC)/C=C\C(=C)C)CC. The molecule has 0 atom stereocenters. The minimum Gasteiger partial charge on any atom is -0.491 e. The van der Waals surface area contributed by atoms with Crippen LogP contribution in [-0.2, 0) is 9.47 Å².